The molecule has 6 nitrogen and oxygen atoms in total. The number of amides is 2. The summed E-state index contributed by atoms with van der Waals surface area (Å²) in [6.07, 6.45) is 0. The number of nitrogens with one attached hydrogen (secondary N) is 2. The molecule has 0 heterocycles. The van der Waals surface area contributed by atoms with Gasteiger partial charge in [-0.25, -0.2) is 8.42 Å². The maximum atomic E-state index is 13.3. The van der Waals surface area contributed by atoms with Gasteiger partial charge in [-0.2, -0.15) is 0 Å². The van der Waals surface area contributed by atoms with Crippen LogP contribution in [0.1, 0.15) is 20.7 Å². The molecule has 0 saturated carbocycles. The molecule has 0 aliphatic rings. The minimum absolute atomic E-state index is 0.00951. The highest BCUT2D eigenvalue weighted by Gasteiger charge is 2.19. The number of halogens is 2. The van der Waals surface area contributed by atoms with E-state index in [2.05, 4.69) is 10.6 Å². The molecule has 4 aromatic carbocycles. The number of rotatable bonds is 6. The first kappa shape index (κ1) is 24.5. The van der Waals surface area contributed by atoms with Gasteiger partial charge in [0.25, 0.3) is 11.8 Å². The van der Waals surface area contributed by atoms with E-state index in [1.165, 1.54) is 42.5 Å². The van der Waals surface area contributed by atoms with E-state index in [4.69, 9.17) is 23.2 Å². The smallest absolute Gasteiger partial charge is 0.255 e. The van der Waals surface area contributed by atoms with Gasteiger partial charge in [0.1, 0.15) is 0 Å². The highest BCUT2D eigenvalue weighted by molar-refractivity contribution is 7.91. The lowest BCUT2D eigenvalue weighted by Gasteiger charge is -2.11. The summed E-state index contributed by atoms with van der Waals surface area (Å²) in [6, 6.07) is 24.6. The zero-order chi connectivity index (χ0) is 25.0. The molecule has 0 radical (unpaired) electrons. The van der Waals surface area contributed by atoms with Crippen molar-refractivity contribution < 1.29 is 18.0 Å². The molecule has 0 bridgehead atoms. The van der Waals surface area contributed by atoms with Gasteiger partial charge >= 0.3 is 0 Å². The van der Waals surface area contributed by atoms with E-state index < -0.39 is 21.7 Å². The van der Waals surface area contributed by atoms with Crippen LogP contribution in [0.25, 0.3) is 0 Å². The lowest BCUT2D eigenvalue weighted by molar-refractivity contribution is 0.101. The molecule has 4 aromatic rings. The van der Waals surface area contributed by atoms with Gasteiger partial charge in [-0.05, 0) is 78.9 Å². The third-order valence-electron chi connectivity index (χ3n) is 5.00. The molecule has 2 N–H and O–H groups in total. The van der Waals surface area contributed by atoms with Crippen molar-refractivity contribution in [2.45, 2.75) is 9.79 Å². The summed E-state index contributed by atoms with van der Waals surface area (Å²) in [5.74, 6) is -0.823. The first-order chi connectivity index (χ1) is 16.7. The van der Waals surface area contributed by atoms with Crippen molar-refractivity contribution in [2.75, 3.05) is 10.6 Å². The summed E-state index contributed by atoms with van der Waals surface area (Å²) in [7, 11) is -3.94. The fraction of sp³-hybridized carbons (Fsp3) is 0. The third-order valence-corrected chi connectivity index (χ3v) is 7.23. The van der Waals surface area contributed by atoms with Crippen molar-refractivity contribution in [3.05, 3.63) is 118 Å². The summed E-state index contributed by atoms with van der Waals surface area (Å²) in [4.78, 5) is 25.0. The van der Waals surface area contributed by atoms with Crippen molar-refractivity contribution in [3.63, 3.8) is 0 Å². The topological polar surface area (TPSA) is 92.3 Å². The number of anilines is 2. The molecule has 0 atom stereocenters. The molecule has 0 saturated heterocycles. The van der Waals surface area contributed by atoms with Gasteiger partial charge < -0.3 is 10.6 Å². The molecule has 0 aromatic heterocycles. The average molecular weight is 525 g/mol. The van der Waals surface area contributed by atoms with Crippen LogP contribution in [0.15, 0.2) is 107 Å². The van der Waals surface area contributed by atoms with E-state index in [-0.39, 0.29) is 9.79 Å². The fourth-order valence-corrected chi connectivity index (χ4v) is 4.92. The molecule has 0 fully saturated rings. The van der Waals surface area contributed by atoms with Gasteiger partial charge in [0.15, 0.2) is 0 Å². The van der Waals surface area contributed by atoms with E-state index in [1.807, 2.05) is 0 Å². The SMILES string of the molecule is O=C(Nc1cccc(S(=O)(=O)c2cccc(NC(=O)c3cccc(Cl)c3)c2)c1)c1ccc(Cl)cc1. The predicted octanol–water partition coefficient (Wildman–Crippen LogP) is 6.33. The second kappa shape index (κ2) is 10.3. The number of hydrogen-bond acceptors (Lipinski definition) is 4. The zero-order valence-electron chi connectivity index (χ0n) is 18.0. The van der Waals surface area contributed by atoms with Gasteiger partial charge in [0.05, 0.1) is 9.79 Å². The van der Waals surface area contributed by atoms with Crippen LogP contribution >= 0.6 is 23.2 Å². The minimum atomic E-state index is -3.94. The third kappa shape index (κ3) is 5.89. The summed E-state index contributed by atoms with van der Waals surface area (Å²) >= 11 is 11.8. The largest absolute Gasteiger partial charge is 0.322 e. The number of hydrogen-bond donors (Lipinski definition) is 2. The summed E-state index contributed by atoms with van der Waals surface area (Å²) < 4.78 is 26.5. The Morgan fingerprint density at radius 2 is 1.09 bits per heavy atom. The molecule has 0 aliphatic heterocycles. The van der Waals surface area contributed by atoms with Crippen LogP contribution in [0, 0.1) is 0 Å². The monoisotopic (exact) mass is 524 g/mol. The van der Waals surface area contributed by atoms with Crippen LogP contribution in [0.2, 0.25) is 10.0 Å². The van der Waals surface area contributed by atoms with Crippen molar-refractivity contribution in [3.8, 4) is 0 Å². The Labute approximate surface area is 212 Å². The highest BCUT2D eigenvalue weighted by Crippen LogP contribution is 2.26. The van der Waals surface area contributed by atoms with Crippen molar-refractivity contribution in [1.82, 2.24) is 0 Å². The number of carbonyl (C=O) groups is 2. The second-order valence-corrected chi connectivity index (χ2v) is 10.3. The van der Waals surface area contributed by atoms with Gasteiger partial charge in [-0.15, -0.1) is 0 Å². The lowest BCUT2D eigenvalue weighted by atomic mass is 10.2. The molecule has 4 rings (SSSR count). The first-order valence-electron chi connectivity index (χ1n) is 10.3. The molecule has 0 unspecified atom stereocenters. The van der Waals surface area contributed by atoms with Gasteiger partial charge in [-0.3, -0.25) is 9.59 Å². The highest BCUT2D eigenvalue weighted by atomic mass is 35.5. The molecular weight excluding hydrogens is 507 g/mol. The van der Waals surface area contributed by atoms with Crippen LogP contribution in [0.3, 0.4) is 0 Å². The average Bonchev–Trinajstić information content (AvgIpc) is 2.85. The summed E-state index contributed by atoms with van der Waals surface area (Å²) in [6.45, 7) is 0. The fourth-order valence-electron chi connectivity index (χ4n) is 3.26. The van der Waals surface area contributed by atoms with Crippen molar-refractivity contribution in [1.29, 1.82) is 0 Å². The number of carbonyl (C=O) groups excluding carboxylic acids is 2. The van der Waals surface area contributed by atoms with Crippen LogP contribution in [0.5, 0.6) is 0 Å². The second-order valence-electron chi connectivity index (χ2n) is 7.48. The Morgan fingerprint density at radius 1 is 0.571 bits per heavy atom. The van der Waals surface area contributed by atoms with Crippen LogP contribution in [-0.2, 0) is 9.84 Å². The molecule has 0 spiro atoms. The zero-order valence-corrected chi connectivity index (χ0v) is 20.4. The van der Waals surface area contributed by atoms with E-state index in [0.29, 0.717) is 32.5 Å². The van der Waals surface area contributed by atoms with Gasteiger partial charge in [-0.1, -0.05) is 41.4 Å². The Balaban J connectivity index is 1.55. The van der Waals surface area contributed by atoms with E-state index in [9.17, 15) is 18.0 Å². The van der Waals surface area contributed by atoms with Gasteiger partial charge in [0, 0.05) is 32.5 Å². The van der Waals surface area contributed by atoms with Gasteiger partial charge in [0.2, 0.25) is 9.84 Å². The number of benzene rings is 4. The van der Waals surface area contributed by atoms with E-state index in [1.54, 1.807) is 54.6 Å². The number of sulfone groups is 1. The molecular formula is C26H18Cl2N2O4S. The normalized spacial score (nSPS) is 11.0. The molecule has 176 valence electrons. The molecule has 0 aliphatic carbocycles. The standard InChI is InChI=1S/C26H18Cl2N2O4S/c27-19-12-10-17(11-13-19)25(31)29-21-6-2-8-23(15-21)35(33,34)24-9-3-7-22(16-24)30-26(32)18-4-1-5-20(28)14-18/h1-16H,(H,29,31)(H,30,32). The maximum Gasteiger partial charge on any atom is 0.255 e. The Kier molecular flexibility index (Phi) is 7.21. The quantitative estimate of drug-likeness (QED) is 0.308. The Hall–Kier alpha value is -3.65. The minimum Gasteiger partial charge on any atom is -0.322 e. The maximum absolute atomic E-state index is 13.3. The lowest BCUT2D eigenvalue weighted by Crippen LogP contribution is -2.13. The van der Waals surface area contributed by atoms with Crippen LogP contribution < -0.4 is 10.6 Å². The van der Waals surface area contributed by atoms with Crippen molar-refractivity contribution >= 4 is 56.2 Å². The van der Waals surface area contributed by atoms with Crippen LogP contribution in [0.4, 0.5) is 11.4 Å². The molecule has 35 heavy (non-hydrogen) atoms. The summed E-state index contributed by atoms with van der Waals surface area (Å²) in [5, 5.41) is 6.28. The van der Waals surface area contributed by atoms with Crippen LogP contribution in [-0.4, -0.2) is 20.2 Å². The predicted molar refractivity (Wildman–Crippen MR) is 137 cm³/mol. The Bertz CT molecular complexity index is 1520. The van der Waals surface area contributed by atoms with Crippen molar-refractivity contribution in [2.24, 2.45) is 0 Å². The Morgan fingerprint density at radius 3 is 1.63 bits per heavy atom. The van der Waals surface area contributed by atoms with E-state index >= 15 is 0 Å². The molecule has 9 heteroatoms. The summed E-state index contributed by atoms with van der Waals surface area (Å²) in [5.41, 5.74) is 1.35. The van der Waals surface area contributed by atoms with E-state index in [0.717, 1.165) is 0 Å². The first-order valence-corrected chi connectivity index (χ1v) is 12.6. The molecule has 2 amide bonds.